The molecule has 1 unspecified atom stereocenters. The Morgan fingerprint density at radius 1 is 1.11 bits per heavy atom. The quantitative estimate of drug-likeness (QED) is 0.171. The number of methoxy groups -OCH3 is 1. The normalized spacial score (nSPS) is 33.2. The largest absolute Gasteiger partial charge is 0.504 e. The number of ether oxygens (including phenoxy) is 5. The number of nitrogens with one attached hydrogen (secondary N) is 1. The van der Waals surface area contributed by atoms with Crippen molar-refractivity contribution in [2.45, 2.75) is 86.8 Å². The second-order valence-corrected chi connectivity index (χ2v) is 17.9. The first-order valence-corrected chi connectivity index (χ1v) is 20.4. The van der Waals surface area contributed by atoms with Crippen molar-refractivity contribution in [1.29, 1.82) is 0 Å². The minimum Gasteiger partial charge on any atom is -0.504 e. The first-order valence-electron chi connectivity index (χ1n) is 19.4. The van der Waals surface area contributed by atoms with Gasteiger partial charge in [0.2, 0.25) is 6.79 Å². The van der Waals surface area contributed by atoms with Crippen LogP contribution in [-0.4, -0.2) is 94.3 Å². The van der Waals surface area contributed by atoms with Crippen LogP contribution in [0.1, 0.15) is 82.3 Å². The van der Waals surface area contributed by atoms with E-state index in [2.05, 4.69) is 28.1 Å². The third-order valence-corrected chi connectivity index (χ3v) is 15.2. The molecule has 8 aliphatic heterocycles. The van der Waals surface area contributed by atoms with E-state index in [-0.39, 0.29) is 38.1 Å². The van der Waals surface area contributed by atoms with E-state index in [0.29, 0.717) is 63.9 Å². The number of piperazine rings is 1. The average molecular weight is 798 g/mol. The molecule has 4 aromatic rings. The fraction of sp³-hybridized carbons (Fsp3) is 0.476. The molecule has 4 bridgehead atoms. The molecule has 1 spiro atoms. The number of fused-ring (bicyclic) bond motifs is 11. The average Bonchev–Trinajstić information content (AvgIpc) is 3.93. The van der Waals surface area contributed by atoms with Crippen LogP contribution in [0, 0.1) is 13.8 Å². The Morgan fingerprint density at radius 2 is 1.89 bits per heavy atom. The van der Waals surface area contributed by atoms with Gasteiger partial charge in [0.1, 0.15) is 29.4 Å². The van der Waals surface area contributed by atoms with E-state index in [9.17, 15) is 24.9 Å². The Bertz CT molecular complexity index is 2470. The number of aromatic hydroxyl groups is 1. The molecular weight excluding hydrogens is 755 g/mol. The Hall–Kier alpha value is -4.51. The first kappa shape index (κ1) is 35.6. The van der Waals surface area contributed by atoms with Gasteiger partial charge in [-0.1, -0.05) is 18.2 Å². The van der Waals surface area contributed by atoms with E-state index >= 15 is 0 Å². The summed E-state index contributed by atoms with van der Waals surface area (Å²) >= 11 is 1.45. The fourth-order valence-electron chi connectivity index (χ4n) is 11.7. The van der Waals surface area contributed by atoms with Crippen molar-refractivity contribution in [2.24, 2.45) is 0 Å². The summed E-state index contributed by atoms with van der Waals surface area (Å²) in [6.45, 7) is 6.94. The van der Waals surface area contributed by atoms with Crippen LogP contribution >= 0.6 is 11.8 Å². The van der Waals surface area contributed by atoms with Crippen LogP contribution in [0.5, 0.6) is 28.7 Å². The number of phenols is 1. The van der Waals surface area contributed by atoms with Gasteiger partial charge in [-0.3, -0.25) is 19.9 Å². The van der Waals surface area contributed by atoms with Gasteiger partial charge in [-0.2, -0.15) is 0 Å². The number of nitrogens with zero attached hydrogens (tertiary/aromatic N) is 2. The number of rotatable bonds is 3. The summed E-state index contributed by atoms with van der Waals surface area (Å²) in [6.07, 6.45) is 0.740. The van der Waals surface area contributed by atoms with Crippen molar-refractivity contribution in [3.63, 3.8) is 0 Å². The van der Waals surface area contributed by atoms with Crippen LogP contribution in [0.4, 0.5) is 0 Å². The highest BCUT2D eigenvalue weighted by Crippen LogP contribution is 2.71. The predicted octanol–water partition coefficient (Wildman–Crippen LogP) is 4.25. The second-order valence-electron chi connectivity index (χ2n) is 16.8. The van der Waals surface area contributed by atoms with Crippen molar-refractivity contribution in [3.05, 3.63) is 75.0 Å². The van der Waals surface area contributed by atoms with Crippen molar-refractivity contribution in [1.82, 2.24) is 15.1 Å². The van der Waals surface area contributed by atoms with E-state index in [4.69, 9.17) is 28.1 Å². The highest BCUT2D eigenvalue weighted by atomic mass is 32.2. The maximum Gasteiger partial charge on any atom is 0.335 e. The molecule has 1 aromatic heterocycles. The van der Waals surface area contributed by atoms with E-state index < -0.39 is 58.2 Å². The molecule has 14 nitrogen and oxygen atoms in total. The number of para-hydroxylation sites is 1. The molecule has 3 saturated heterocycles. The number of aliphatic hydroxyl groups is 2. The third-order valence-electron chi connectivity index (χ3n) is 13.7. The molecule has 3 aromatic carbocycles. The summed E-state index contributed by atoms with van der Waals surface area (Å²) in [5.41, 5.74) is 2.13. The van der Waals surface area contributed by atoms with Gasteiger partial charge >= 0.3 is 11.9 Å². The lowest BCUT2D eigenvalue weighted by Gasteiger charge is -2.59. The zero-order valence-electron chi connectivity index (χ0n) is 32.1. The number of esters is 2. The second kappa shape index (κ2) is 11.8. The SMILES string of the molecule is COc1c(C)cc2c(c1O)[C@H]1[C@@H]3[C@@H]4SC[C@]5(N[C@@H](CO)Cc6c5oc5ccccc65)C(=O)OC[C@@H](c5c6c(c(C)c(OC(C)=O)c54)OCO6)N3[C@]3(O)CN1C2(C)C3. The molecule has 3 fully saturated rings. The van der Waals surface area contributed by atoms with Crippen LogP contribution in [-0.2, 0) is 31.8 Å². The lowest BCUT2D eigenvalue weighted by atomic mass is 9.75. The van der Waals surface area contributed by atoms with Gasteiger partial charge in [0, 0.05) is 76.5 Å². The van der Waals surface area contributed by atoms with Gasteiger partial charge in [-0.05, 0) is 50.5 Å². The summed E-state index contributed by atoms with van der Waals surface area (Å²) in [4.78, 5) is 32.4. The molecule has 8 atom stereocenters. The van der Waals surface area contributed by atoms with Crippen molar-refractivity contribution in [2.75, 3.05) is 39.4 Å². The van der Waals surface area contributed by atoms with Gasteiger partial charge in [-0.25, -0.2) is 4.79 Å². The van der Waals surface area contributed by atoms with E-state index in [1.165, 1.54) is 18.7 Å². The number of hydrogen-bond donors (Lipinski definition) is 4. The van der Waals surface area contributed by atoms with Crippen LogP contribution < -0.4 is 24.3 Å². The number of thioether (sulfide) groups is 1. The lowest BCUT2D eigenvalue weighted by molar-refractivity contribution is -0.196. The number of carbonyl (C=O) groups is 2. The molecule has 15 heteroatoms. The minimum atomic E-state index is -1.53. The van der Waals surface area contributed by atoms with Gasteiger partial charge in [-0.15, -0.1) is 11.8 Å². The summed E-state index contributed by atoms with van der Waals surface area (Å²) in [5, 5.41) is 39.7. The molecule has 8 aliphatic rings. The molecular formula is C42H43N3O11S. The molecule has 12 rings (SSSR count). The number of aryl methyl sites for hydroxylation is 1. The lowest BCUT2D eigenvalue weighted by Crippen LogP contribution is -2.67. The summed E-state index contributed by atoms with van der Waals surface area (Å²) < 4.78 is 37.3. The summed E-state index contributed by atoms with van der Waals surface area (Å²) in [7, 11) is 1.55. The topological polar surface area (TPSA) is 173 Å². The zero-order valence-corrected chi connectivity index (χ0v) is 33.0. The van der Waals surface area contributed by atoms with Gasteiger partial charge < -0.3 is 43.4 Å². The summed E-state index contributed by atoms with van der Waals surface area (Å²) in [5.74, 6) is 1.05. The Labute approximate surface area is 331 Å². The smallest absolute Gasteiger partial charge is 0.335 e. The maximum atomic E-state index is 15.0. The summed E-state index contributed by atoms with van der Waals surface area (Å²) in [6, 6.07) is 7.33. The van der Waals surface area contributed by atoms with Crippen LogP contribution in [0.15, 0.2) is 34.7 Å². The first-order chi connectivity index (χ1) is 27.3. The number of furan rings is 1. The molecule has 57 heavy (non-hydrogen) atoms. The molecule has 298 valence electrons. The van der Waals surface area contributed by atoms with E-state index in [1.54, 1.807) is 7.11 Å². The highest BCUT2D eigenvalue weighted by Gasteiger charge is 2.72. The van der Waals surface area contributed by atoms with Crippen molar-refractivity contribution >= 4 is 34.7 Å². The van der Waals surface area contributed by atoms with Crippen LogP contribution in [0.25, 0.3) is 11.0 Å². The molecule has 0 amide bonds. The van der Waals surface area contributed by atoms with Gasteiger partial charge in [0.05, 0.1) is 31.1 Å². The Kier molecular flexibility index (Phi) is 7.37. The van der Waals surface area contributed by atoms with Crippen molar-refractivity contribution in [3.8, 4) is 28.7 Å². The molecule has 0 aliphatic carbocycles. The van der Waals surface area contributed by atoms with Gasteiger partial charge in [0.15, 0.2) is 28.5 Å². The van der Waals surface area contributed by atoms with Gasteiger partial charge in [0.25, 0.3) is 0 Å². The Morgan fingerprint density at radius 3 is 2.67 bits per heavy atom. The number of aliphatic hydroxyl groups excluding tert-OH is 1. The predicted molar refractivity (Wildman–Crippen MR) is 205 cm³/mol. The molecule has 4 N–H and O–H groups in total. The number of hydrogen-bond acceptors (Lipinski definition) is 15. The molecule has 0 saturated carbocycles. The maximum absolute atomic E-state index is 15.0. The number of carbonyl (C=O) groups excluding carboxylic acids is 2. The van der Waals surface area contributed by atoms with E-state index in [0.717, 1.165) is 27.6 Å². The molecule has 9 heterocycles. The van der Waals surface area contributed by atoms with E-state index in [1.807, 2.05) is 38.1 Å². The van der Waals surface area contributed by atoms with Crippen molar-refractivity contribution < 1.29 is 53.0 Å². The molecule has 0 radical (unpaired) electrons. The highest BCUT2D eigenvalue weighted by molar-refractivity contribution is 7.99. The number of phenolic OH excluding ortho intramolecular Hbond substituents is 1. The third kappa shape index (κ3) is 4.39. The zero-order chi connectivity index (χ0) is 39.5. The Balaban J connectivity index is 1.19. The minimum absolute atomic E-state index is 0.0494. The fourth-order valence-corrected chi connectivity index (χ4v) is 13.3. The number of benzene rings is 3. The van der Waals surface area contributed by atoms with Crippen LogP contribution in [0.2, 0.25) is 0 Å². The van der Waals surface area contributed by atoms with Crippen LogP contribution in [0.3, 0.4) is 0 Å². The monoisotopic (exact) mass is 797 g/mol. The standard InChI is InChI=1S/C42H43N3O11S/c1-18-10-24-27(32(48)33(18)51-5)30-31-37-29-28(36-35(53-17-54-36)19(2)34(29)55-20(3)47)25(45(31)41(50)14-40(24,4)44(30)15-41)13-52-39(49)42(16-57-37)38-23(11-21(12-46)43-42)22-8-6-7-9-26(22)56-38/h6-10,21,25,30-31,37,43,46,48,50H,11-17H2,1-5H3/t21-,25+,30+,31-,37-,40?,41-,42-/m1/s1.